The summed E-state index contributed by atoms with van der Waals surface area (Å²) in [6.07, 6.45) is 2.57. The molecule has 0 aromatic heterocycles. The van der Waals surface area contributed by atoms with Gasteiger partial charge in [-0.15, -0.1) is 0 Å². The maximum absolute atomic E-state index is 5.58. The Morgan fingerprint density at radius 3 is 2.50 bits per heavy atom. The Morgan fingerprint density at radius 1 is 1.12 bits per heavy atom. The summed E-state index contributed by atoms with van der Waals surface area (Å²) in [5, 5.41) is 4.11. The van der Waals surface area contributed by atoms with Crippen molar-refractivity contribution in [3.8, 4) is 5.75 Å². The first-order chi connectivity index (χ1) is 12.7. The molecule has 1 N–H and O–H groups in total. The maximum atomic E-state index is 5.58. The Morgan fingerprint density at radius 2 is 1.81 bits per heavy atom. The third kappa shape index (κ3) is 4.67. The number of benzene rings is 2. The lowest BCUT2D eigenvalue weighted by Gasteiger charge is -2.26. The van der Waals surface area contributed by atoms with Crippen molar-refractivity contribution in [1.29, 1.82) is 0 Å². The van der Waals surface area contributed by atoms with E-state index in [-0.39, 0.29) is 0 Å². The van der Waals surface area contributed by atoms with Crippen LogP contribution in [-0.4, -0.2) is 37.3 Å². The van der Waals surface area contributed by atoms with Crippen LogP contribution < -0.4 is 15.0 Å². The molecule has 5 heteroatoms. The number of thiocarbonyl (C=S) groups is 1. The molecule has 0 radical (unpaired) electrons. The predicted molar refractivity (Wildman–Crippen MR) is 112 cm³/mol. The summed E-state index contributed by atoms with van der Waals surface area (Å²) in [6, 6.07) is 16.7. The molecule has 3 rings (SSSR count). The Balaban J connectivity index is 1.57. The zero-order chi connectivity index (χ0) is 18.4. The molecule has 1 aliphatic rings. The summed E-state index contributed by atoms with van der Waals surface area (Å²) in [7, 11) is 3.72. The molecule has 1 aliphatic heterocycles. The van der Waals surface area contributed by atoms with Crippen molar-refractivity contribution in [3.05, 3.63) is 59.7 Å². The van der Waals surface area contributed by atoms with Crippen LogP contribution in [0.5, 0.6) is 5.75 Å². The van der Waals surface area contributed by atoms with Crippen LogP contribution in [0.1, 0.15) is 24.0 Å². The molecule has 1 heterocycles. The van der Waals surface area contributed by atoms with E-state index in [1.165, 1.54) is 29.7 Å². The molecule has 0 amide bonds. The second kappa shape index (κ2) is 8.90. The lowest BCUT2D eigenvalue weighted by molar-refractivity contribution is 0.414. The van der Waals surface area contributed by atoms with Gasteiger partial charge in [-0.05, 0) is 54.4 Å². The quantitative estimate of drug-likeness (QED) is 0.782. The predicted octanol–water partition coefficient (Wildman–Crippen LogP) is 3.80. The number of para-hydroxylation sites is 1. The van der Waals surface area contributed by atoms with E-state index in [4.69, 9.17) is 17.0 Å². The van der Waals surface area contributed by atoms with Gasteiger partial charge in [0.15, 0.2) is 5.11 Å². The average Bonchev–Trinajstić information content (AvgIpc) is 3.21. The molecular formula is C21H27N3OS. The average molecular weight is 370 g/mol. The van der Waals surface area contributed by atoms with Gasteiger partial charge in [0.05, 0.1) is 7.11 Å². The highest BCUT2D eigenvalue weighted by Crippen LogP contribution is 2.25. The van der Waals surface area contributed by atoms with Crippen LogP contribution in [-0.2, 0) is 13.1 Å². The first-order valence-corrected chi connectivity index (χ1v) is 9.53. The monoisotopic (exact) mass is 369 g/mol. The molecule has 4 nitrogen and oxygen atoms in total. The smallest absolute Gasteiger partial charge is 0.169 e. The van der Waals surface area contributed by atoms with E-state index in [0.717, 1.165) is 30.5 Å². The van der Waals surface area contributed by atoms with E-state index in [9.17, 15) is 0 Å². The lowest BCUT2D eigenvalue weighted by atomic mass is 10.1. The van der Waals surface area contributed by atoms with Gasteiger partial charge in [-0.1, -0.05) is 30.3 Å². The van der Waals surface area contributed by atoms with E-state index in [1.807, 2.05) is 19.2 Å². The van der Waals surface area contributed by atoms with Crippen LogP contribution in [0.3, 0.4) is 0 Å². The van der Waals surface area contributed by atoms with Crippen molar-refractivity contribution in [2.24, 2.45) is 0 Å². The highest BCUT2D eigenvalue weighted by Gasteiger charge is 2.16. The Hall–Kier alpha value is -2.27. The molecule has 0 spiro atoms. The molecule has 1 saturated heterocycles. The fourth-order valence-corrected chi connectivity index (χ4v) is 3.43. The fourth-order valence-electron chi connectivity index (χ4n) is 3.29. The molecule has 0 saturated carbocycles. The van der Waals surface area contributed by atoms with Crippen LogP contribution in [0.2, 0.25) is 0 Å². The summed E-state index contributed by atoms with van der Waals surface area (Å²) in [4.78, 5) is 4.59. The molecular weight excluding hydrogens is 342 g/mol. The molecule has 1 fully saturated rings. The highest BCUT2D eigenvalue weighted by atomic mass is 32.1. The number of nitrogens with one attached hydrogen (secondary N) is 1. The third-order valence-electron chi connectivity index (χ3n) is 4.80. The van der Waals surface area contributed by atoms with Gasteiger partial charge in [-0.2, -0.15) is 0 Å². The molecule has 0 atom stereocenters. The number of hydrogen-bond acceptors (Lipinski definition) is 3. The van der Waals surface area contributed by atoms with Crippen molar-refractivity contribution in [1.82, 2.24) is 10.2 Å². The van der Waals surface area contributed by atoms with Crippen molar-refractivity contribution in [2.45, 2.75) is 25.9 Å². The minimum Gasteiger partial charge on any atom is -0.497 e. The minimum absolute atomic E-state index is 0.709. The van der Waals surface area contributed by atoms with Crippen LogP contribution >= 0.6 is 12.2 Å². The van der Waals surface area contributed by atoms with Gasteiger partial charge in [0.25, 0.3) is 0 Å². The van der Waals surface area contributed by atoms with Gasteiger partial charge >= 0.3 is 0 Å². The van der Waals surface area contributed by atoms with Crippen LogP contribution in [0.25, 0.3) is 0 Å². The molecule has 2 aromatic carbocycles. The van der Waals surface area contributed by atoms with Crippen molar-refractivity contribution in [3.63, 3.8) is 0 Å². The van der Waals surface area contributed by atoms with Gasteiger partial charge in [0.1, 0.15) is 5.75 Å². The van der Waals surface area contributed by atoms with Gasteiger partial charge in [0.2, 0.25) is 0 Å². The molecule has 138 valence electrons. The van der Waals surface area contributed by atoms with E-state index < -0.39 is 0 Å². The minimum atomic E-state index is 0.709. The second-order valence-electron chi connectivity index (χ2n) is 6.69. The van der Waals surface area contributed by atoms with Crippen LogP contribution in [0, 0.1) is 0 Å². The maximum Gasteiger partial charge on any atom is 0.169 e. The van der Waals surface area contributed by atoms with Crippen LogP contribution in [0.15, 0.2) is 48.5 Å². The molecule has 0 bridgehead atoms. The summed E-state index contributed by atoms with van der Waals surface area (Å²) >= 11 is 5.58. The summed E-state index contributed by atoms with van der Waals surface area (Å²) in [5.74, 6) is 0.868. The lowest BCUT2D eigenvalue weighted by Crippen LogP contribution is -2.36. The van der Waals surface area contributed by atoms with E-state index >= 15 is 0 Å². The number of ether oxygens (including phenoxy) is 1. The topological polar surface area (TPSA) is 27.7 Å². The second-order valence-corrected chi connectivity index (χ2v) is 7.07. The Bertz CT molecular complexity index is 726. The van der Waals surface area contributed by atoms with E-state index in [1.54, 1.807) is 7.11 Å². The zero-order valence-corrected chi connectivity index (χ0v) is 16.4. The fraction of sp³-hybridized carbons (Fsp3) is 0.381. The first kappa shape index (κ1) is 18.5. The van der Waals surface area contributed by atoms with Crippen molar-refractivity contribution < 1.29 is 4.74 Å². The number of anilines is 1. The van der Waals surface area contributed by atoms with E-state index in [2.05, 4.69) is 51.5 Å². The largest absolute Gasteiger partial charge is 0.497 e. The SMILES string of the molecule is COc1ccc(CNC(=S)N(C)Cc2ccccc2N2CCCC2)cc1. The molecule has 26 heavy (non-hydrogen) atoms. The normalized spacial score (nSPS) is 13.5. The van der Waals surface area contributed by atoms with Crippen molar-refractivity contribution >= 4 is 23.0 Å². The van der Waals surface area contributed by atoms with Gasteiger partial charge in [-0.3, -0.25) is 0 Å². The van der Waals surface area contributed by atoms with E-state index in [0.29, 0.717) is 6.54 Å². The Kier molecular flexibility index (Phi) is 6.34. The summed E-state index contributed by atoms with van der Waals surface area (Å²) < 4.78 is 5.19. The van der Waals surface area contributed by atoms with Gasteiger partial charge < -0.3 is 19.9 Å². The first-order valence-electron chi connectivity index (χ1n) is 9.12. The van der Waals surface area contributed by atoms with Gasteiger partial charge in [-0.25, -0.2) is 0 Å². The highest BCUT2D eigenvalue weighted by molar-refractivity contribution is 7.80. The summed E-state index contributed by atoms with van der Waals surface area (Å²) in [6.45, 7) is 3.82. The number of methoxy groups -OCH3 is 1. The zero-order valence-electron chi connectivity index (χ0n) is 15.6. The molecule has 0 aliphatic carbocycles. The number of hydrogen-bond donors (Lipinski definition) is 1. The number of nitrogens with zero attached hydrogens (tertiary/aromatic N) is 2. The summed E-state index contributed by atoms with van der Waals surface area (Å²) in [5.41, 5.74) is 3.85. The molecule has 2 aromatic rings. The van der Waals surface area contributed by atoms with Gasteiger partial charge in [0, 0.05) is 38.9 Å². The van der Waals surface area contributed by atoms with Crippen molar-refractivity contribution in [2.75, 3.05) is 32.1 Å². The standard InChI is InChI=1S/C21H27N3OS/c1-23(21(26)22-15-17-9-11-19(25-2)12-10-17)16-18-7-3-4-8-20(18)24-13-5-6-14-24/h3-4,7-12H,5-6,13-16H2,1-2H3,(H,22,26). The van der Waals surface area contributed by atoms with Crippen LogP contribution in [0.4, 0.5) is 5.69 Å². The molecule has 0 unspecified atom stereocenters. The Labute approximate surface area is 161 Å². The third-order valence-corrected chi connectivity index (χ3v) is 5.25. The number of rotatable bonds is 6.